The fraction of sp³-hybridized carbons (Fsp3) is 0.0625. The molecule has 130 valence electrons. The molecule has 3 heterocycles. The Bertz CT molecular complexity index is 1040. The third-order valence-corrected chi connectivity index (χ3v) is 4.14. The molecular formula is C16H11FN6O2S. The van der Waals surface area contributed by atoms with Crippen molar-refractivity contribution in [1.82, 2.24) is 25.1 Å². The molecular weight excluding hydrogens is 359 g/mol. The van der Waals surface area contributed by atoms with Crippen LogP contribution in [-0.2, 0) is 6.54 Å². The third-order valence-electron chi connectivity index (χ3n) is 3.44. The summed E-state index contributed by atoms with van der Waals surface area (Å²) in [5.41, 5.74) is 2.94. The first-order chi connectivity index (χ1) is 12.7. The highest BCUT2D eigenvalue weighted by Gasteiger charge is 2.16. The number of benzene rings is 1. The number of halogens is 1. The Morgan fingerprint density at radius 2 is 2.27 bits per heavy atom. The fourth-order valence-corrected chi connectivity index (χ4v) is 2.80. The summed E-state index contributed by atoms with van der Waals surface area (Å²) in [5, 5.41) is 18.7. The van der Waals surface area contributed by atoms with Crippen molar-refractivity contribution in [2.24, 2.45) is 0 Å². The molecule has 0 aliphatic rings. The van der Waals surface area contributed by atoms with Crippen molar-refractivity contribution in [2.45, 2.75) is 6.54 Å². The van der Waals surface area contributed by atoms with Crippen LogP contribution >= 0.6 is 11.3 Å². The number of hydrogen-bond acceptors (Lipinski definition) is 7. The molecule has 10 heteroatoms. The molecule has 0 atom stereocenters. The van der Waals surface area contributed by atoms with Crippen LogP contribution in [0.3, 0.4) is 0 Å². The molecule has 1 N–H and O–H groups in total. The van der Waals surface area contributed by atoms with E-state index < -0.39 is 5.91 Å². The maximum Gasteiger partial charge on any atom is 0.277 e. The number of nitrogens with one attached hydrogen (secondary N) is 1. The van der Waals surface area contributed by atoms with Crippen molar-refractivity contribution in [3.63, 3.8) is 0 Å². The topological polar surface area (TPSA) is 98.7 Å². The monoisotopic (exact) mass is 370 g/mol. The van der Waals surface area contributed by atoms with Crippen LogP contribution in [0.1, 0.15) is 16.1 Å². The molecule has 1 amide bonds. The number of hydrogen-bond donors (Lipinski definition) is 1. The molecule has 0 fully saturated rings. The lowest BCUT2D eigenvalue weighted by molar-refractivity contribution is 0.101. The van der Waals surface area contributed by atoms with E-state index in [0.29, 0.717) is 23.0 Å². The number of aromatic nitrogens is 5. The Hall–Kier alpha value is -3.40. The SMILES string of the molecule is O=C(Nc1cnn(Cc2cccc(F)c2)c1)c1cc(-c2nncs2)on1. The molecule has 3 aromatic heterocycles. The Balaban J connectivity index is 1.43. The van der Waals surface area contributed by atoms with E-state index in [1.807, 2.05) is 0 Å². The molecule has 0 saturated heterocycles. The Labute approximate surface area is 150 Å². The van der Waals surface area contributed by atoms with E-state index in [4.69, 9.17) is 4.52 Å². The zero-order valence-corrected chi connectivity index (χ0v) is 14.0. The number of anilines is 1. The van der Waals surface area contributed by atoms with Crippen molar-refractivity contribution < 1.29 is 13.7 Å². The van der Waals surface area contributed by atoms with Crippen LogP contribution in [0.2, 0.25) is 0 Å². The van der Waals surface area contributed by atoms with Gasteiger partial charge in [0.05, 0.1) is 18.4 Å². The second-order valence-corrected chi connectivity index (χ2v) is 6.16. The Kier molecular flexibility index (Phi) is 4.23. The maximum absolute atomic E-state index is 13.2. The largest absolute Gasteiger partial charge is 0.353 e. The quantitative estimate of drug-likeness (QED) is 0.580. The molecule has 26 heavy (non-hydrogen) atoms. The minimum atomic E-state index is -0.435. The number of rotatable bonds is 5. The summed E-state index contributed by atoms with van der Waals surface area (Å²) in [7, 11) is 0. The van der Waals surface area contributed by atoms with Crippen LogP contribution < -0.4 is 5.32 Å². The summed E-state index contributed by atoms with van der Waals surface area (Å²) in [6.07, 6.45) is 3.15. The van der Waals surface area contributed by atoms with E-state index in [0.717, 1.165) is 5.56 Å². The van der Waals surface area contributed by atoms with E-state index >= 15 is 0 Å². The van der Waals surface area contributed by atoms with Crippen molar-refractivity contribution in [3.8, 4) is 10.8 Å². The predicted molar refractivity (Wildman–Crippen MR) is 91.1 cm³/mol. The van der Waals surface area contributed by atoms with Crippen molar-refractivity contribution >= 4 is 22.9 Å². The normalized spacial score (nSPS) is 10.8. The molecule has 4 rings (SSSR count). The summed E-state index contributed by atoms with van der Waals surface area (Å²) >= 11 is 1.28. The van der Waals surface area contributed by atoms with Gasteiger partial charge in [-0.25, -0.2) is 4.39 Å². The van der Waals surface area contributed by atoms with Gasteiger partial charge < -0.3 is 9.84 Å². The molecule has 0 spiro atoms. The number of nitrogens with zero attached hydrogens (tertiary/aromatic N) is 5. The van der Waals surface area contributed by atoms with Crippen LogP contribution in [-0.4, -0.2) is 31.0 Å². The van der Waals surface area contributed by atoms with Gasteiger partial charge in [0.2, 0.25) is 0 Å². The molecule has 0 bridgehead atoms. The first-order valence-corrected chi connectivity index (χ1v) is 8.37. The molecule has 1 aromatic carbocycles. The van der Waals surface area contributed by atoms with Crippen LogP contribution in [0, 0.1) is 5.82 Å². The lowest BCUT2D eigenvalue weighted by Gasteiger charge is -2.01. The van der Waals surface area contributed by atoms with E-state index in [1.54, 1.807) is 28.5 Å². The van der Waals surface area contributed by atoms with E-state index in [-0.39, 0.29) is 11.5 Å². The molecule has 0 aliphatic carbocycles. The van der Waals surface area contributed by atoms with Gasteiger partial charge in [-0.05, 0) is 17.7 Å². The predicted octanol–water partition coefficient (Wildman–Crippen LogP) is 2.83. The zero-order chi connectivity index (χ0) is 17.9. The lowest BCUT2D eigenvalue weighted by atomic mass is 10.2. The molecule has 0 aliphatic heterocycles. The second-order valence-electron chi connectivity index (χ2n) is 5.33. The number of amides is 1. The Morgan fingerprint density at radius 3 is 3.08 bits per heavy atom. The minimum absolute atomic E-state index is 0.119. The van der Waals surface area contributed by atoms with Crippen LogP contribution in [0.4, 0.5) is 10.1 Å². The van der Waals surface area contributed by atoms with Gasteiger partial charge in [0, 0.05) is 12.3 Å². The summed E-state index contributed by atoms with van der Waals surface area (Å²) in [6, 6.07) is 7.74. The smallest absolute Gasteiger partial charge is 0.277 e. The van der Waals surface area contributed by atoms with Crippen molar-refractivity contribution in [1.29, 1.82) is 0 Å². The van der Waals surface area contributed by atoms with Gasteiger partial charge in [0.1, 0.15) is 11.3 Å². The fourth-order valence-electron chi connectivity index (χ4n) is 2.30. The highest BCUT2D eigenvalue weighted by Crippen LogP contribution is 2.21. The average Bonchev–Trinajstić information content (AvgIpc) is 3.36. The molecule has 0 unspecified atom stereocenters. The third kappa shape index (κ3) is 3.49. The second kappa shape index (κ2) is 6.84. The summed E-state index contributed by atoms with van der Waals surface area (Å²) < 4.78 is 19.9. The first kappa shape index (κ1) is 16.1. The molecule has 0 radical (unpaired) electrons. The van der Waals surface area contributed by atoms with Crippen LogP contribution in [0.15, 0.2) is 52.8 Å². The number of carbonyl (C=O) groups is 1. The molecule has 8 nitrogen and oxygen atoms in total. The Morgan fingerprint density at radius 1 is 1.35 bits per heavy atom. The van der Waals surface area contributed by atoms with Gasteiger partial charge in [0.15, 0.2) is 16.5 Å². The van der Waals surface area contributed by atoms with E-state index in [9.17, 15) is 9.18 Å². The summed E-state index contributed by atoms with van der Waals surface area (Å²) in [4.78, 5) is 12.3. The van der Waals surface area contributed by atoms with E-state index in [2.05, 4.69) is 25.8 Å². The van der Waals surface area contributed by atoms with E-state index in [1.165, 1.54) is 35.7 Å². The van der Waals surface area contributed by atoms with Crippen LogP contribution in [0.5, 0.6) is 0 Å². The first-order valence-electron chi connectivity index (χ1n) is 7.49. The highest BCUT2D eigenvalue weighted by molar-refractivity contribution is 7.12. The standard InChI is InChI=1S/C16H11FN6O2S/c17-11-3-1-2-10(4-11)7-23-8-12(6-19-23)20-15(24)13-5-14(25-22-13)16-21-18-9-26-16/h1-6,8-9H,7H2,(H,20,24). The van der Waals surface area contributed by atoms with Crippen molar-refractivity contribution in [2.75, 3.05) is 5.32 Å². The zero-order valence-electron chi connectivity index (χ0n) is 13.2. The minimum Gasteiger partial charge on any atom is -0.353 e. The average molecular weight is 370 g/mol. The van der Waals surface area contributed by atoms with Gasteiger partial charge in [0.25, 0.3) is 5.91 Å². The van der Waals surface area contributed by atoms with Gasteiger partial charge in [-0.3, -0.25) is 9.48 Å². The van der Waals surface area contributed by atoms with Gasteiger partial charge in [-0.2, -0.15) is 5.10 Å². The highest BCUT2D eigenvalue weighted by atomic mass is 32.1. The van der Waals surface area contributed by atoms with Gasteiger partial charge in [-0.1, -0.05) is 28.6 Å². The van der Waals surface area contributed by atoms with Gasteiger partial charge >= 0.3 is 0 Å². The van der Waals surface area contributed by atoms with Gasteiger partial charge in [-0.15, -0.1) is 10.2 Å². The molecule has 4 aromatic rings. The number of carbonyl (C=O) groups excluding carboxylic acids is 1. The molecule has 0 saturated carbocycles. The summed E-state index contributed by atoms with van der Waals surface area (Å²) in [5.74, 6) is -0.366. The van der Waals surface area contributed by atoms with Crippen LogP contribution in [0.25, 0.3) is 10.8 Å². The van der Waals surface area contributed by atoms with Crippen molar-refractivity contribution in [3.05, 3.63) is 65.3 Å². The maximum atomic E-state index is 13.2. The summed E-state index contributed by atoms with van der Waals surface area (Å²) in [6.45, 7) is 0.388. The lowest BCUT2D eigenvalue weighted by Crippen LogP contribution is -2.11.